The summed E-state index contributed by atoms with van der Waals surface area (Å²) in [7, 11) is 0. The third-order valence-electron chi connectivity index (χ3n) is 3.58. The quantitative estimate of drug-likeness (QED) is 0.744. The molecule has 0 aliphatic heterocycles. The fourth-order valence-corrected chi connectivity index (χ4v) is 2.77. The minimum atomic E-state index is -1.30. The van der Waals surface area contributed by atoms with Crippen LogP contribution in [-0.4, -0.2) is 19.9 Å². The van der Waals surface area contributed by atoms with Crippen molar-refractivity contribution in [2.75, 3.05) is 0 Å². The Hall–Kier alpha value is -2.51. The molecular formula is C17H14ClF2N3O2. The summed E-state index contributed by atoms with van der Waals surface area (Å²) in [4.78, 5) is 3.82. The standard InChI is InChI=1S/C17H14ClF2N3O2/c1-17(24,8-23-10-21-9-22-23)13-4-3-12(7-14(13)18)25-16-5-2-11(19)6-15(16)20/h2-7,9-10,24H,8H2,1H3. The van der Waals surface area contributed by atoms with Crippen LogP contribution in [0.3, 0.4) is 0 Å². The van der Waals surface area contributed by atoms with E-state index in [9.17, 15) is 13.9 Å². The highest BCUT2D eigenvalue weighted by molar-refractivity contribution is 6.31. The third-order valence-corrected chi connectivity index (χ3v) is 3.89. The Morgan fingerprint density at radius 1 is 1.24 bits per heavy atom. The Bertz CT molecular complexity index is 886. The van der Waals surface area contributed by atoms with Crippen molar-refractivity contribution in [1.82, 2.24) is 14.8 Å². The molecule has 130 valence electrons. The fraction of sp³-hybridized carbons (Fsp3) is 0.176. The maximum Gasteiger partial charge on any atom is 0.168 e. The number of hydrogen-bond donors (Lipinski definition) is 1. The van der Waals surface area contributed by atoms with Gasteiger partial charge in [-0.25, -0.2) is 18.4 Å². The first-order valence-corrected chi connectivity index (χ1v) is 7.71. The monoisotopic (exact) mass is 365 g/mol. The summed E-state index contributed by atoms with van der Waals surface area (Å²) in [5.41, 5.74) is -0.846. The van der Waals surface area contributed by atoms with E-state index < -0.39 is 17.2 Å². The van der Waals surface area contributed by atoms with Gasteiger partial charge in [0.15, 0.2) is 11.6 Å². The Kier molecular flexibility index (Phi) is 4.69. The molecule has 3 rings (SSSR count). The Labute approximate surface area is 147 Å². The van der Waals surface area contributed by atoms with E-state index in [0.29, 0.717) is 5.56 Å². The number of halogens is 3. The summed E-state index contributed by atoms with van der Waals surface area (Å²) in [6.45, 7) is 1.75. The average Bonchev–Trinajstić information content (AvgIpc) is 3.02. The zero-order valence-electron chi connectivity index (χ0n) is 13.2. The summed E-state index contributed by atoms with van der Waals surface area (Å²) < 4.78 is 33.5. The first-order chi connectivity index (χ1) is 11.8. The van der Waals surface area contributed by atoms with Crippen LogP contribution in [0.1, 0.15) is 12.5 Å². The van der Waals surface area contributed by atoms with E-state index in [-0.39, 0.29) is 23.1 Å². The van der Waals surface area contributed by atoms with Crippen LogP contribution < -0.4 is 4.74 Å². The largest absolute Gasteiger partial charge is 0.454 e. The second-order valence-electron chi connectivity index (χ2n) is 5.69. The van der Waals surface area contributed by atoms with Crippen LogP contribution in [0.4, 0.5) is 8.78 Å². The zero-order chi connectivity index (χ0) is 18.0. The van der Waals surface area contributed by atoms with Crippen molar-refractivity contribution in [3.63, 3.8) is 0 Å². The van der Waals surface area contributed by atoms with Gasteiger partial charge in [0.25, 0.3) is 0 Å². The van der Waals surface area contributed by atoms with Crippen LogP contribution >= 0.6 is 11.6 Å². The van der Waals surface area contributed by atoms with Gasteiger partial charge in [0.2, 0.25) is 0 Å². The number of hydrogen-bond acceptors (Lipinski definition) is 4. The summed E-state index contributed by atoms with van der Waals surface area (Å²) in [5.74, 6) is -1.38. The van der Waals surface area contributed by atoms with E-state index >= 15 is 0 Å². The van der Waals surface area contributed by atoms with Gasteiger partial charge in [-0.05, 0) is 31.2 Å². The molecule has 0 amide bonds. The highest BCUT2D eigenvalue weighted by Gasteiger charge is 2.27. The van der Waals surface area contributed by atoms with Crippen molar-refractivity contribution >= 4 is 11.6 Å². The Balaban J connectivity index is 1.82. The zero-order valence-corrected chi connectivity index (χ0v) is 13.9. The van der Waals surface area contributed by atoms with Gasteiger partial charge in [-0.2, -0.15) is 5.10 Å². The van der Waals surface area contributed by atoms with E-state index in [2.05, 4.69) is 10.1 Å². The maximum absolute atomic E-state index is 13.7. The van der Waals surface area contributed by atoms with Crippen LogP contribution in [0.15, 0.2) is 49.1 Å². The van der Waals surface area contributed by atoms with Gasteiger partial charge < -0.3 is 9.84 Å². The topological polar surface area (TPSA) is 60.2 Å². The van der Waals surface area contributed by atoms with Gasteiger partial charge in [-0.15, -0.1) is 0 Å². The van der Waals surface area contributed by atoms with Gasteiger partial charge in [-0.3, -0.25) is 0 Å². The maximum atomic E-state index is 13.7. The van der Waals surface area contributed by atoms with E-state index in [1.807, 2.05) is 0 Å². The minimum absolute atomic E-state index is 0.125. The molecular weight excluding hydrogens is 352 g/mol. The second-order valence-corrected chi connectivity index (χ2v) is 6.09. The van der Waals surface area contributed by atoms with Gasteiger partial charge in [0, 0.05) is 11.6 Å². The summed E-state index contributed by atoms with van der Waals surface area (Å²) in [5, 5.41) is 14.9. The molecule has 2 aromatic carbocycles. The molecule has 25 heavy (non-hydrogen) atoms. The predicted octanol–water partition coefficient (Wildman–Crippen LogP) is 3.91. The van der Waals surface area contributed by atoms with Gasteiger partial charge >= 0.3 is 0 Å². The molecule has 1 atom stereocenters. The van der Waals surface area contributed by atoms with Crippen molar-refractivity contribution in [1.29, 1.82) is 0 Å². The number of aliphatic hydroxyl groups is 1. The smallest absolute Gasteiger partial charge is 0.168 e. The van der Waals surface area contributed by atoms with Crippen LogP contribution in [0, 0.1) is 11.6 Å². The molecule has 5 nitrogen and oxygen atoms in total. The van der Waals surface area contributed by atoms with E-state index in [1.165, 1.54) is 29.5 Å². The van der Waals surface area contributed by atoms with Crippen molar-refractivity contribution in [3.05, 3.63) is 71.3 Å². The van der Waals surface area contributed by atoms with Gasteiger partial charge in [0.1, 0.15) is 29.8 Å². The SMILES string of the molecule is CC(O)(Cn1cncn1)c1ccc(Oc2ccc(F)cc2F)cc1Cl. The number of benzene rings is 2. The fourth-order valence-electron chi connectivity index (χ4n) is 2.40. The number of ether oxygens (including phenoxy) is 1. The summed E-state index contributed by atoms with van der Waals surface area (Å²) in [6.07, 6.45) is 2.85. The first kappa shape index (κ1) is 17.3. The number of rotatable bonds is 5. The molecule has 0 saturated carbocycles. The molecule has 1 unspecified atom stereocenters. The number of aromatic nitrogens is 3. The molecule has 0 saturated heterocycles. The van der Waals surface area contributed by atoms with E-state index in [4.69, 9.17) is 16.3 Å². The Morgan fingerprint density at radius 3 is 2.68 bits per heavy atom. The molecule has 0 fully saturated rings. The van der Waals surface area contributed by atoms with Crippen molar-refractivity contribution in [2.45, 2.75) is 19.1 Å². The predicted molar refractivity (Wildman–Crippen MR) is 87.5 cm³/mol. The molecule has 1 N–H and O–H groups in total. The van der Waals surface area contributed by atoms with Crippen LogP contribution in [0.2, 0.25) is 5.02 Å². The lowest BCUT2D eigenvalue weighted by atomic mass is 9.96. The summed E-state index contributed by atoms with van der Waals surface area (Å²) in [6, 6.07) is 7.59. The second kappa shape index (κ2) is 6.78. The average molecular weight is 366 g/mol. The highest BCUT2D eigenvalue weighted by Crippen LogP contribution is 2.34. The molecule has 0 aliphatic carbocycles. The Morgan fingerprint density at radius 2 is 2.04 bits per heavy atom. The van der Waals surface area contributed by atoms with Gasteiger partial charge in [0.05, 0.1) is 11.6 Å². The van der Waals surface area contributed by atoms with Gasteiger partial charge in [-0.1, -0.05) is 17.7 Å². The van der Waals surface area contributed by atoms with Crippen molar-refractivity contribution in [2.24, 2.45) is 0 Å². The van der Waals surface area contributed by atoms with E-state index in [0.717, 1.165) is 12.1 Å². The van der Waals surface area contributed by atoms with Crippen molar-refractivity contribution < 1.29 is 18.6 Å². The van der Waals surface area contributed by atoms with Crippen LogP contribution in [0.5, 0.6) is 11.5 Å². The number of nitrogens with zero attached hydrogens (tertiary/aromatic N) is 3. The summed E-state index contributed by atoms with van der Waals surface area (Å²) >= 11 is 6.25. The molecule has 1 aromatic heterocycles. The minimum Gasteiger partial charge on any atom is -0.454 e. The highest BCUT2D eigenvalue weighted by atomic mass is 35.5. The molecule has 0 spiro atoms. The first-order valence-electron chi connectivity index (χ1n) is 7.33. The molecule has 0 radical (unpaired) electrons. The lowest BCUT2D eigenvalue weighted by molar-refractivity contribution is 0.0346. The lowest BCUT2D eigenvalue weighted by Gasteiger charge is -2.25. The van der Waals surface area contributed by atoms with E-state index in [1.54, 1.807) is 19.1 Å². The molecule has 0 bridgehead atoms. The molecule has 0 aliphatic rings. The molecule has 8 heteroatoms. The van der Waals surface area contributed by atoms with Crippen molar-refractivity contribution in [3.8, 4) is 11.5 Å². The molecule has 3 aromatic rings. The lowest BCUT2D eigenvalue weighted by Crippen LogP contribution is -2.28. The molecule has 1 heterocycles. The third kappa shape index (κ3) is 3.94. The van der Waals surface area contributed by atoms with Crippen LogP contribution in [-0.2, 0) is 12.1 Å². The van der Waals surface area contributed by atoms with Crippen LogP contribution in [0.25, 0.3) is 0 Å². The normalized spacial score (nSPS) is 13.5.